The van der Waals surface area contributed by atoms with Crippen molar-refractivity contribution >= 4 is 17.9 Å². The standard InChI is InChI=1S/C26H43N3O5/c1-8-10-15-27-23(31)22(20-13-11-18(3)12-14-20)29(16-17-30)24(32)21(19(4)9-2)28-25(33)34-26(5,6)7/h11-14,19,21-22,30H,8-10,15-17H2,1-7H3,(H,27,31)(H,28,33). The molecule has 0 aliphatic heterocycles. The Balaban J connectivity index is 3.37. The van der Waals surface area contributed by atoms with Crippen LogP contribution < -0.4 is 10.6 Å². The lowest BCUT2D eigenvalue weighted by molar-refractivity contribution is -0.144. The van der Waals surface area contributed by atoms with Crippen molar-refractivity contribution in [1.29, 1.82) is 0 Å². The zero-order chi connectivity index (χ0) is 25.9. The number of hydrogen-bond acceptors (Lipinski definition) is 5. The van der Waals surface area contributed by atoms with Crippen LogP contribution in [-0.2, 0) is 14.3 Å². The first-order valence-corrected chi connectivity index (χ1v) is 12.2. The molecule has 192 valence electrons. The fourth-order valence-corrected chi connectivity index (χ4v) is 3.48. The van der Waals surface area contributed by atoms with Crippen LogP contribution in [0.2, 0.25) is 0 Å². The van der Waals surface area contributed by atoms with Crippen molar-refractivity contribution in [3.63, 3.8) is 0 Å². The van der Waals surface area contributed by atoms with Crippen LogP contribution in [0.1, 0.15) is 78.0 Å². The molecule has 0 saturated heterocycles. The Morgan fingerprint density at radius 1 is 1.12 bits per heavy atom. The van der Waals surface area contributed by atoms with Gasteiger partial charge in [0.1, 0.15) is 17.7 Å². The topological polar surface area (TPSA) is 108 Å². The number of benzene rings is 1. The number of nitrogens with zero attached hydrogens (tertiary/aromatic N) is 1. The zero-order valence-electron chi connectivity index (χ0n) is 21.8. The number of alkyl carbamates (subject to hydrolysis) is 1. The molecule has 3 unspecified atom stereocenters. The van der Waals surface area contributed by atoms with Gasteiger partial charge in [-0.15, -0.1) is 0 Å². The summed E-state index contributed by atoms with van der Waals surface area (Å²) in [7, 11) is 0. The Bertz CT molecular complexity index is 789. The summed E-state index contributed by atoms with van der Waals surface area (Å²) in [6, 6.07) is 5.54. The summed E-state index contributed by atoms with van der Waals surface area (Å²) in [5, 5.41) is 15.4. The molecule has 3 atom stereocenters. The summed E-state index contributed by atoms with van der Waals surface area (Å²) in [4.78, 5) is 41.0. The number of nitrogens with one attached hydrogen (secondary N) is 2. The third-order valence-electron chi connectivity index (χ3n) is 5.56. The summed E-state index contributed by atoms with van der Waals surface area (Å²) < 4.78 is 5.37. The van der Waals surface area contributed by atoms with E-state index < -0.39 is 29.7 Å². The molecule has 0 radical (unpaired) electrons. The minimum atomic E-state index is -0.941. The van der Waals surface area contributed by atoms with Gasteiger partial charge in [-0.1, -0.05) is 63.4 Å². The Labute approximate surface area is 204 Å². The van der Waals surface area contributed by atoms with Gasteiger partial charge in [0.25, 0.3) is 0 Å². The molecular weight excluding hydrogens is 434 g/mol. The van der Waals surface area contributed by atoms with Crippen LogP contribution in [0.3, 0.4) is 0 Å². The highest BCUT2D eigenvalue weighted by Gasteiger charge is 2.37. The molecule has 8 heteroatoms. The second-order valence-corrected chi connectivity index (χ2v) is 9.72. The molecule has 1 aromatic carbocycles. The maximum atomic E-state index is 13.8. The highest BCUT2D eigenvalue weighted by Crippen LogP contribution is 2.25. The highest BCUT2D eigenvalue weighted by molar-refractivity contribution is 5.92. The van der Waals surface area contributed by atoms with E-state index in [-0.39, 0.29) is 25.0 Å². The Morgan fingerprint density at radius 3 is 2.24 bits per heavy atom. The predicted octanol–water partition coefficient (Wildman–Crippen LogP) is 3.71. The summed E-state index contributed by atoms with van der Waals surface area (Å²) in [6.07, 6.45) is 1.66. The van der Waals surface area contributed by atoms with Gasteiger partial charge in [-0.25, -0.2) is 4.79 Å². The maximum absolute atomic E-state index is 13.8. The lowest BCUT2D eigenvalue weighted by Gasteiger charge is -2.35. The summed E-state index contributed by atoms with van der Waals surface area (Å²) in [5.74, 6) is -0.979. The first-order chi connectivity index (χ1) is 15.9. The Hall–Kier alpha value is -2.61. The van der Waals surface area contributed by atoms with Crippen LogP contribution in [0.5, 0.6) is 0 Å². The number of hydrogen-bond donors (Lipinski definition) is 3. The van der Waals surface area contributed by atoms with E-state index in [0.717, 1.165) is 18.4 Å². The summed E-state index contributed by atoms with van der Waals surface area (Å²) >= 11 is 0. The molecule has 0 fully saturated rings. The van der Waals surface area contributed by atoms with Crippen LogP contribution in [0.15, 0.2) is 24.3 Å². The number of ether oxygens (including phenoxy) is 1. The van der Waals surface area contributed by atoms with E-state index in [2.05, 4.69) is 10.6 Å². The smallest absolute Gasteiger partial charge is 0.408 e. The van der Waals surface area contributed by atoms with Gasteiger partial charge in [0.2, 0.25) is 11.8 Å². The predicted molar refractivity (Wildman–Crippen MR) is 133 cm³/mol. The minimum absolute atomic E-state index is 0.0541. The van der Waals surface area contributed by atoms with Crippen molar-refractivity contribution in [2.24, 2.45) is 5.92 Å². The molecule has 3 N–H and O–H groups in total. The van der Waals surface area contributed by atoms with Gasteiger partial charge >= 0.3 is 6.09 Å². The van der Waals surface area contributed by atoms with Crippen molar-refractivity contribution in [2.75, 3.05) is 19.7 Å². The van der Waals surface area contributed by atoms with Gasteiger partial charge < -0.3 is 25.4 Å². The zero-order valence-corrected chi connectivity index (χ0v) is 21.8. The van der Waals surface area contributed by atoms with E-state index >= 15 is 0 Å². The second kappa shape index (κ2) is 13.9. The molecule has 1 rings (SSSR count). The first-order valence-electron chi connectivity index (χ1n) is 12.2. The number of carbonyl (C=O) groups is 3. The molecule has 0 aliphatic rings. The molecular formula is C26H43N3O5. The van der Waals surface area contributed by atoms with Gasteiger partial charge in [0.15, 0.2) is 0 Å². The summed E-state index contributed by atoms with van der Waals surface area (Å²) in [6.45, 7) is 13.1. The van der Waals surface area contributed by atoms with Crippen molar-refractivity contribution in [1.82, 2.24) is 15.5 Å². The van der Waals surface area contributed by atoms with E-state index in [9.17, 15) is 19.5 Å². The molecule has 0 spiro atoms. The van der Waals surface area contributed by atoms with Crippen LogP contribution in [0.25, 0.3) is 0 Å². The summed E-state index contributed by atoms with van der Waals surface area (Å²) in [5.41, 5.74) is 0.946. The third kappa shape index (κ3) is 9.33. The number of aliphatic hydroxyl groups is 1. The fraction of sp³-hybridized carbons (Fsp3) is 0.654. The molecule has 0 aromatic heterocycles. The maximum Gasteiger partial charge on any atom is 0.408 e. The Kier molecular flexibility index (Phi) is 12.1. The minimum Gasteiger partial charge on any atom is -0.444 e. The monoisotopic (exact) mass is 477 g/mol. The molecule has 0 bridgehead atoms. The van der Waals surface area contributed by atoms with Gasteiger partial charge in [0, 0.05) is 13.1 Å². The SMILES string of the molecule is CCCCNC(=O)C(c1ccc(C)cc1)N(CCO)C(=O)C(NC(=O)OC(C)(C)C)C(C)CC. The molecule has 8 nitrogen and oxygen atoms in total. The molecule has 0 heterocycles. The lowest BCUT2D eigenvalue weighted by Crippen LogP contribution is -2.55. The van der Waals surface area contributed by atoms with E-state index in [4.69, 9.17) is 4.74 Å². The van der Waals surface area contributed by atoms with Crippen molar-refractivity contribution < 1.29 is 24.2 Å². The lowest BCUT2D eigenvalue weighted by atomic mass is 9.95. The largest absolute Gasteiger partial charge is 0.444 e. The van der Waals surface area contributed by atoms with E-state index in [1.165, 1.54) is 4.90 Å². The average molecular weight is 478 g/mol. The van der Waals surface area contributed by atoms with Crippen molar-refractivity contribution in [3.8, 4) is 0 Å². The molecule has 3 amide bonds. The number of aryl methyl sites for hydroxylation is 1. The van der Waals surface area contributed by atoms with Gasteiger partial charge in [0.05, 0.1) is 6.61 Å². The number of aliphatic hydroxyl groups excluding tert-OH is 1. The molecule has 1 aromatic rings. The van der Waals surface area contributed by atoms with Crippen LogP contribution in [0, 0.1) is 12.8 Å². The van der Waals surface area contributed by atoms with Crippen LogP contribution >= 0.6 is 0 Å². The van der Waals surface area contributed by atoms with Crippen LogP contribution in [0.4, 0.5) is 4.79 Å². The first kappa shape index (κ1) is 29.4. The van der Waals surface area contributed by atoms with Gasteiger partial charge in [-0.2, -0.15) is 0 Å². The average Bonchev–Trinajstić information content (AvgIpc) is 2.76. The van der Waals surface area contributed by atoms with Gasteiger partial charge in [-0.05, 0) is 45.6 Å². The third-order valence-corrected chi connectivity index (χ3v) is 5.56. The van der Waals surface area contributed by atoms with E-state index in [1.807, 2.05) is 52.0 Å². The fourth-order valence-electron chi connectivity index (χ4n) is 3.48. The molecule has 0 saturated carbocycles. The van der Waals surface area contributed by atoms with Crippen molar-refractivity contribution in [2.45, 2.75) is 85.4 Å². The van der Waals surface area contributed by atoms with E-state index in [1.54, 1.807) is 20.8 Å². The molecule has 34 heavy (non-hydrogen) atoms. The Morgan fingerprint density at radius 2 is 1.74 bits per heavy atom. The number of carbonyl (C=O) groups excluding carboxylic acids is 3. The quantitative estimate of drug-likeness (QED) is 0.398. The number of rotatable bonds is 12. The van der Waals surface area contributed by atoms with Crippen molar-refractivity contribution in [3.05, 3.63) is 35.4 Å². The van der Waals surface area contributed by atoms with E-state index in [0.29, 0.717) is 18.5 Å². The number of amides is 3. The van der Waals surface area contributed by atoms with Crippen LogP contribution in [-0.4, -0.2) is 59.3 Å². The highest BCUT2D eigenvalue weighted by atomic mass is 16.6. The normalized spacial score (nSPS) is 14.0. The second-order valence-electron chi connectivity index (χ2n) is 9.72. The molecule has 0 aliphatic carbocycles. The van der Waals surface area contributed by atoms with Gasteiger partial charge in [-0.3, -0.25) is 9.59 Å². The number of unbranched alkanes of at least 4 members (excludes halogenated alkanes) is 1.